The Labute approximate surface area is 132 Å². The van der Waals surface area contributed by atoms with Crippen LogP contribution in [-0.2, 0) is 12.3 Å². The van der Waals surface area contributed by atoms with Crippen molar-refractivity contribution < 1.29 is 73.1 Å². The van der Waals surface area contributed by atoms with Crippen LogP contribution in [0, 0.1) is 0 Å². The van der Waals surface area contributed by atoms with E-state index in [1.807, 2.05) is 0 Å². The van der Waals surface area contributed by atoms with E-state index >= 15 is 0 Å². The van der Waals surface area contributed by atoms with Gasteiger partial charge in [-0.3, -0.25) is 0 Å². The summed E-state index contributed by atoms with van der Waals surface area (Å²) in [5.74, 6) is -2.97. The standard InChI is InChI=1S/C9H7BF5.K/c11-9(12)4-3-6-5-7(10(13,14)15)1-2-8(6)9;/h1-2,5H,3-4H2;/q-1;+1. The molecule has 1 aliphatic rings. The fourth-order valence-corrected chi connectivity index (χ4v) is 1.81. The molecule has 0 spiro atoms. The maximum atomic E-state index is 13.1. The van der Waals surface area contributed by atoms with Crippen LogP contribution in [0.2, 0.25) is 0 Å². The van der Waals surface area contributed by atoms with E-state index in [-0.39, 0.29) is 68.9 Å². The van der Waals surface area contributed by atoms with Crippen LogP contribution in [0.1, 0.15) is 17.5 Å². The largest absolute Gasteiger partial charge is 1.00 e. The molecule has 0 aliphatic heterocycles. The maximum absolute atomic E-state index is 13.1. The third-order valence-electron chi connectivity index (χ3n) is 2.61. The van der Waals surface area contributed by atoms with E-state index in [1.165, 1.54) is 0 Å². The van der Waals surface area contributed by atoms with Gasteiger partial charge in [0.05, 0.1) is 0 Å². The average Bonchev–Trinajstić information content (AvgIpc) is 2.41. The maximum Gasteiger partial charge on any atom is 1.00 e. The molecule has 0 unspecified atom stereocenters. The molecule has 1 aromatic carbocycles. The molecule has 0 aromatic heterocycles. The normalized spacial score (nSPS) is 17.8. The Bertz CT molecular complexity index is 401. The van der Waals surface area contributed by atoms with Crippen LogP contribution < -0.4 is 56.8 Å². The zero-order chi connectivity index (χ0) is 11.3. The third kappa shape index (κ3) is 2.69. The van der Waals surface area contributed by atoms with E-state index in [0.717, 1.165) is 18.2 Å². The molecule has 0 bridgehead atoms. The predicted molar refractivity (Wildman–Crippen MR) is 47.4 cm³/mol. The zero-order valence-electron chi connectivity index (χ0n) is 8.61. The third-order valence-corrected chi connectivity index (χ3v) is 2.61. The Morgan fingerprint density at radius 2 is 1.75 bits per heavy atom. The van der Waals surface area contributed by atoms with Gasteiger partial charge in [-0.25, -0.2) is 8.78 Å². The number of rotatable bonds is 1. The molecule has 0 N–H and O–H groups in total. The molecule has 0 fully saturated rings. The van der Waals surface area contributed by atoms with Gasteiger partial charge in [-0.05, 0) is 12.0 Å². The summed E-state index contributed by atoms with van der Waals surface area (Å²) in [5, 5.41) is 0. The summed E-state index contributed by atoms with van der Waals surface area (Å²) in [7, 11) is 0. The minimum absolute atomic E-state index is 0. The van der Waals surface area contributed by atoms with Crippen molar-refractivity contribution in [3.63, 3.8) is 0 Å². The Kier molecular flexibility index (Phi) is 4.28. The second kappa shape index (κ2) is 4.68. The molecule has 0 amide bonds. The van der Waals surface area contributed by atoms with Crippen LogP contribution in [0.25, 0.3) is 0 Å². The van der Waals surface area contributed by atoms with Crippen molar-refractivity contribution in [1.82, 2.24) is 0 Å². The number of fused-ring (bicyclic) bond motifs is 1. The molecular weight excluding hydrogens is 253 g/mol. The van der Waals surface area contributed by atoms with Gasteiger partial charge >= 0.3 is 58.4 Å². The summed E-state index contributed by atoms with van der Waals surface area (Å²) in [6, 6.07) is 2.47. The molecule has 82 valence electrons. The zero-order valence-corrected chi connectivity index (χ0v) is 11.7. The summed E-state index contributed by atoms with van der Waals surface area (Å²) in [6.45, 7) is -5.10. The number of aryl methyl sites for hydroxylation is 1. The number of alkyl halides is 2. The van der Waals surface area contributed by atoms with Crippen LogP contribution >= 0.6 is 0 Å². The summed E-state index contributed by atoms with van der Waals surface area (Å²) in [4.78, 5) is 0. The minimum Gasteiger partial charge on any atom is -0.445 e. The Hall–Kier alpha value is 0.571. The molecule has 2 rings (SSSR count). The molecule has 1 aliphatic carbocycles. The van der Waals surface area contributed by atoms with Crippen molar-refractivity contribution in [3.8, 4) is 0 Å². The van der Waals surface area contributed by atoms with E-state index in [0.29, 0.717) is 0 Å². The van der Waals surface area contributed by atoms with Gasteiger partial charge in [-0.15, -0.1) is 5.46 Å². The second-order valence-corrected chi connectivity index (χ2v) is 3.70. The fourth-order valence-electron chi connectivity index (χ4n) is 1.81. The van der Waals surface area contributed by atoms with Crippen molar-refractivity contribution in [1.29, 1.82) is 0 Å². The first kappa shape index (κ1) is 14.6. The molecular formula is C9H7BF5K. The monoisotopic (exact) mass is 260 g/mol. The molecule has 16 heavy (non-hydrogen) atoms. The molecule has 0 saturated carbocycles. The van der Waals surface area contributed by atoms with Gasteiger partial charge in [-0.2, -0.15) is 0 Å². The number of hydrogen-bond acceptors (Lipinski definition) is 0. The topological polar surface area (TPSA) is 0 Å². The van der Waals surface area contributed by atoms with E-state index in [9.17, 15) is 21.7 Å². The van der Waals surface area contributed by atoms with Crippen molar-refractivity contribution in [2.24, 2.45) is 0 Å². The second-order valence-electron chi connectivity index (χ2n) is 3.70. The van der Waals surface area contributed by atoms with Gasteiger partial charge in [0.1, 0.15) is 0 Å². The van der Waals surface area contributed by atoms with Crippen LogP contribution in [0.5, 0.6) is 0 Å². The summed E-state index contributed by atoms with van der Waals surface area (Å²) < 4.78 is 63.2. The quantitative estimate of drug-likeness (QED) is 0.484. The van der Waals surface area contributed by atoms with E-state index in [2.05, 4.69) is 0 Å². The van der Waals surface area contributed by atoms with E-state index < -0.39 is 24.8 Å². The molecule has 0 heterocycles. The number of benzene rings is 1. The summed E-state index contributed by atoms with van der Waals surface area (Å²) in [6.07, 6.45) is -0.376. The van der Waals surface area contributed by atoms with Gasteiger partial charge in [0.25, 0.3) is 5.92 Å². The van der Waals surface area contributed by atoms with Crippen LogP contribution in [0.4, 0.5) is 21.7 Å². The SMILES string of the molecule is F[B-](F)(F)c1ccc2c(c1)CCC2(F)F.[K+]. The van der Waals surface area contributed by atoms with Gasteiger partial charge in [0, 0.05) is 12.0 Å². The Morgan fingerprint density at radius 3 is 2.31 bits per heavy atom. The minimum atomic E-state index is -5.10. The molecule has 0 nitrogen and oxygen atoms in total. The smallest absolute Gasteiger partial charge is 0.445 e. The van der Waals surface area contributed by atoms with Gasteiger partial charge < -0.3 is 12.9 Å². The van der Waals surface area contributed by atoms with E-state index in [4.69, 9.17) is 0 Å². The Balaban J connectivity index is 0.00000128. The summed E-state index contributed by atoms with van der Waals surface area (Å²) >= 11 is 0. The fraction of sp³-hybridized carbons (Fsp3) is 0.333. The van der Waals surface area contributed by atoms with Gasteiger partial charge in [0.2, 0.25) is 0 Å². The first-order valence-electron chi connectivity index (χ1n) is 4.52. The average molecular weight is 260 g/mol. The van der Waals surface area contributed by atoms with Crippen LogP contribution in [0.3, 0.4) is 0 Å². The van der Waals surface area contributed by atoms with Crippen molar-refractivity contribution >= 4 is 12.4 Å². The molecule has 0 saturated heterocycles. The molecule has 0 radical (unpaired) electrons. The molecule has 7 heteroatoms. The Morgan fingerprint density at radius 1 is 1.12 bits per heavy atom. The summed E-state index contributed by atoms with van der Waals surface area (Å²) in [5.41, 5.74) is -0.936. The van der Waals surface area contributed by atoms with Crippen molar-refractivity contribution in [2.75, 3.05) is 0 Å². The van der Waals surface area contributed by atoms with Crippen LogP contribution in [-0.4, -0.2) is 6.98 Å². The van der Waals surface area contributed by atoms with Crippen molar-refractivity contribution in [3.05, 3.63) is 29.3 Å². The van der Waals surface area contributed by atoms with E-state index in [1.54, 1.807) is 0 Å². The molecule has 0 atom stereocenters. The van der Waals surface area contributed by atoms with Gasteiger partial charge in [0.15, 0.2) is 0 Å². The van der Waals surface area contributed by atoms with Gasteiger partial charge in [-0.1, -0.05) is 18.2 Å². The first-order valence-corrected chi connectivity index (χ1v) is 4.52. The number of hydrogen-bond donors (Lipinski definition) is 0. The van der Waals surface area contributed by atoms with Crippen molar-refractivity contribution in [2.45, 2.75) is 18.8 Å². The first-order chi connectivity index (χ1) is 6.81. The predicted octanol–water partition coefficient (Wildman–Crippen LogP) is -0.217. The van der Waals surface area contributed by atoms with Crippen LogP contribution in [0.15, 0.2) is 18.2 Å². The molecule has 1 aromatic rings. The number of halogens is 5.